The topological polar surface area (TPSA) is 149 Å². The Balaban J connectivity index is 3.15. The Labute approximate surface area is 173 Å². The number of alkyl halides is 2. The van der Waals surface area contributed by atoms with Crippen LogP contribution in [0, 0.1) is 34.9 Å². The number of aromatic carboxylic acids is 4. The Morgan fingerprint density at radius 2 is 0.667 bits per heavy atom. The molecule has 33 heavy (non-hydrogen) atoms. The molecule has 0 saturated heterocycles. The third-order valence-electron chi connectivity index (χ3n) is 4.12. The van der Waals surface area contributed by atoms with Gasteiger partial charge in [-0.25, -0.2) is 45.5 Å². The van der Waals surface area contributed by atoms with Gasteiger partial charge in [0.15, 0.2) is 34.9 Å². The molecule has 0 heterocycles. The summed E-state index contributed by atoms with van der Waals surface area (Å²) in [6.07, 6.45) is 0. The van der Waals surface area contributed by atoms with Crippen LogP contribution in [0.25, 0.3) is 0 Å². The molecule has 0 saturated carbocycles. The van der Waals surface area contributed by atoms with Crippen molar-refractivity contribution in [2.45, 2.75) is 5.92 Å². The van der Waals surface area contributed by atoms with Crippen molar-refractivity contribution < 1.29 is 74.7 Å². The third-order valence-corrected chi connectivity index (χ3v) is 4.12. The van der Waals surface area contributed by atoms with Gasteiger partial charge in [0, 0.05) is 0 Å². The minimum atomic E-state index is -5.95. The molecule has 176 valence electrons. The molecule has 0 aliphatic carbocycles. The zero-order valence-electron chi connectivity index (χ0n) is 14.9. The summed E-state index contributed by atoms with van der Waals surface area (Å²) in [4.78, 5) is 44.1. The van der Waals surface area contributed by atoms with Crippen molar-refractivity contribution in [3.05, 3.63) is 68.3 Å². The van der Waals surface area contributed by atoms with Crippen LogP contribution in [0.15, 0.2) is 0 Å². The molecule has 0 bridgehead atoms. The predicted molar refractivity (Wildman–Crippen MR) is 83.5 cm³/mol. The van der Waals surface area contributed by atoms with E-state index in [0.29, 0.717) is 0 Å². The lowest BCUT2D eigenvalue weighted by molar-refractivity contribution is 0.0240. The number of benzene rings is 2. The van der Waals surface area contributed by atoms with Gasteiger partial charge in [-0.1, -0.05) is 0 Å². The maximum absolute atomic E-state index is 14.9. The molecule has 2 aromatic carbocycles. The fourth-order valence-corrected chi connectivity index (χ4v) is 2.80. The molecule has 0 fully saturated rings. The highest BCUT2D eigenvalue weighted by Crippen LogP contribution is 2.45. The normalized spacial score (nSPS) is 11.4. The summed E-state index contributed by atoms with van der Waals surface area (Å²) < 4.78 is 115. The van der Waals surface area contributed by atoms with E-state index in [-0.39, 0.29) is 0 Å². The number of carboxylic acids is 4. The molecular weight excluding hydrogens is 484 g/mol. The fourth-order valence-electron chi connectivity index (χ4n) is 2.80. The van der Waals surface area contributed by atoms with Gasteiger partial charge in [0.25, 0.3) is 0 Å². The van der Waals surface area contributed by atoms with Gasteiger partial charge in [0.05, 0.1) is 0 Å². The van der Waals surface area contributed by atoms with Gasteiger partial charge < -0.3 is 20.4 Å². The van der Waals surface area contributed by atoms with Crippen LogP contribution in [0.1, 0.15) is 52.6 Å². The molecule has 0 aliphatic rings. The molecule has 0 radical (unpaired) electrons. The Hall–Kier alpha value is -4.24. The number of carboxylic acid groups (broad SMARTS) is 4. The molecular formula is C17H4F8O8. The molecule has 0 spiro atoms. The summed E-state index contributed by atoms with van der Waals surface area (Å²) in [7, 11) is 0. The summed E-state index contributed by atoms with van der Waals surface area (Å²) in [5.74, 6) is -35.0. The largest absolute Gasteiger partial charge is 0.478 e. The Kier molecular flexibility index (Phi) is 6.09. The van der Waals surface area contributed by atoms with Gasteiger partial charge in [0.1, 0.15) is 33.4 Å². The molecule has 2 aromatic rings. The zero-order valence-corrected chi connectivity index (χ0v) is 14.9. The summed E-state index contributed by atoms with van der Waals surface area (Å²) in [6.45, 7) is 0. The van der Waals surface area contributed by atoms with Crippen LogP contribution < -0.4 is 0 Å². The molecule has 0 aliphatic heterocycles. The van der Waals surface area contributed by atoms with Crippen molar-refractivity contribution in [3.63, 3.8) is 0 Å². The van der Waals surface area contributed by atoms with Gasteiger partial charge >= 0.3 is 29.8 Å². The van der Waals surface area contributed by atoms with E-state index in [9.17, 15) is 54.3 Å². The smallest absolute Gasteiger partial charge is 0.339 e. The van der Waals surface area contributed by atoms with Crippen LogP contribution in [0.5, 0.6) is 0 Å². The lowest BCUT2D eigenvalue weighted by Crippen LogP contribution is -2.29. The predicted octanol–water partition coefficient (Wildman–Crippen LogP) is 3.45. The summed E-state index contributed by atoms with van der Waals surface area (Å²) in [6, 6.07) is 0. The fraction of sp³-hybridized carbons (Fsp3) is 0.0588. The van der Waals surface area contributed by atoms with Crippen molar-refractivity contribution >= 4 is 23.9 Å². The molecule has 0 aromatic heterocycles. The van der Waals surface area contributed by atoms with Crippen LogP contribution in [-0.2, 0) is 5.92 Å². The Morgan fingerprint density at radius 3 is 0.879 bits per heavy atom. The lowest BCUT2D eigenvalue weighted by atomic mass is 9.90. The highest BCUT2D eigenvalue weighted by molar-refractivity contribution is 6.03. The minimum Gasteiger partial charge on any atom is -0.478 e. The van der Waals surface area contributed by atoms with Crippen molar-refractivity contribution in [1.82, 2.24) is 0 Å². The Morgan fingerprint density at radius 1 is 0.455 bits per heavy atom. The van der Waals surface area contributed by atoms with E-state index >= 15 is 0 Å². The van der Waals surface area contributed by atoms with E-state index < -0.39 is 98.1 Å². The van der Waals surface area contributed by atoms with Crippen LogP contribution in [-0.4, -0.2) is 44.3 Å². The molecule has 8 nitrogen and oxygen atoms in total. The van der Waals surface area contributed by atoms with E-state index in [1.54, 1.807) is 0 Å². The van der Waals surface area contributed by atoms with Gasteiger partial charge in [-0.2, -0.15) is 8.78 Å². The van der Waals surface area contributed by atoms with Crippen molar-refractivity contribution in [1.29, 1.82) is 0 Å². The maximum atomic E-state index is 14.9. The van der Waals surface area contributed by atoms with E-state index in [4.69, 9.17) is 20.4 Å². The highest BCUT2D eigenvalue weighted by Gasteiger charge is 2.51. The molecule has 4 N–H and O–H groups in total. The van der Waals surface area contributed by atoms with E-state index in [1.165, 1.54) is 0 Å². The highest BCUT2D eigenvalue weighted by atomic mass is 19.3. The first-order valence-corrected chi connectivity index (χ1v) is 7.72. The second-order valence-electron chi connectivity index (χ2n) is 5.93. The number of hydrogen-bond donors (Lipinski definition) is 4. The number of carbonyl (C=O) groups is 4. The monoisotopic (exact) mass is 488 g/mol. The lowest BCUT2D eigenvalue weighted by Gasteiger charge is -2.23. The second kappa shape index (κ2) is 8.03. The van der Waals surface area contributed by atoms with E-state index in [2.05, 4.69) is 0 Å². The summed E-state index contributed by atoms with van der Waals surface area (Å²) in [5.41, 5.74) is -15.7. The molecule has 0 unspecified atom stereocenters. The number of rotatable bonds is 6. The van der Waals surface area contributed by atoms with E-state index in [0.717, 1.165) is 0 Å². The molecule has 0 amide bonds. The molecule has 16 heteroatoms. The first-order valence-electron chi connectivity index (χ1n) is 7.72. The first-order chi connectivity index (χ1) is 15.0. The second-order valence-corrected chi connectivity index (χ2v) is 5.93. The minimum absolute atomic E-state index is 2.29. The third kappa shape index (κ3) is 3.58. The summed E-state index contributed by atoms with van der Waals surface area (Å²) >= 11 is 0. The van der Waals surface area contributed by atoms with Crippen LogP contribution in [0.2, 0.25) is 0 Å². The van der Waals surface area contributed by atoms with Crippen LogP contribution in [0.4, 0.5) is 35.1 Å². The Bertz CT molecular complexity index is 1180. The number of hydrogen-bond acceptors (Lipinski definition) is 4. The number of halogens is 8. The van der Waals surface area contributed by atoms with E-state index in [1.807, 2.05) is 0 Å². The average molecular weight is 488 g/mol. The SMILES string of the molecule is O=C(O)c1c(F)c(F)c(C(F)(F)c2c(F)c(F)c(C(=O)O)c(C(=O)O)c2F)c(F)c1C(=O)O. The standard InChI is InChI=1S/C17H4F8O8/c18-7-1(13(26)27)3(15(30)31)9(20)11(22)5(7)17(24,25)6-8(19)2(14(28)29)4(16(32)33)10(21)12(6)23/h(H,26,27)(H,28,29)(H,30,31)(H,32,33). The summed E-state index contributed by atoms with van der Waals surface area (Å²) in [5, 5.41) is 35.2. The van der Waals surface area contributed by atoms with Crippen LogP contribution >= 0.6 is 0 Å². The van der Waals surface area contributed by atoms with Crippen molar-refractivity contribution in [2.75, 3.05) is 0 Å². The van der Waals surface area contributed by atoms with Gasteiger partial charge in [-0.3, -0.25) is 0 Å². The maximum Gasteiger partial charge on any atom is 0.339 e. The average Bonchev–Trinajstić information content (AvgIpc) is 2.65. The molecule has 2 rings (SSSR count). The van der Waals surface area contributed by atoms with Crippen LogP contribution in [0.3, 0.4) is 0 Å². The van der Waals surface area contributed by atoms with Gasteiger partial charge in [-0.05, 0) is 0 Å². The quantitative estimate of drug-likeness (QED) is 0.357. The molecule has 0 atom stereocenters. The zero-order chi connectivity index (χ0) is 25.7. The first kappa shape index (κ1) is 25.0. The van der Waals surface area contributed by atoms with Crippen molar-refractivity contribution in [3.8, 4) is 0 Å². The van der Waals surface area contributed by atoms with Crippen molar-refractivity contribution in [2.24, 2.45) is 0 Å². The van der Waals surface area contributed by atoms with Gasteiger partial charge in [0.2, 0.25) is 0 Å². The van der Waals surface area contributed by atoms with Gasteiger partial charge in [-0.15, -0.1) is 0 Å².